The molecule has 0 aliphatic carbocycles. The van der Waals surface area contributed by atoms with Crippen LogP contribution in [-0.4, -0.2) is 52.5 Å². The minimum absolute atomic E-state index is 0.0398. The van der Waals surface area contributed by atoms with Crippen LogP contribution in [0.15, 0.2) is 0 Å². The maximum absolute atomic E-state index is 11.3. The third kappa shape index (κ3) is 5.71. The van der Waals surface area contributed by atoms with Gasteiger partial charge in [-0.05, 0) is 6.42 Å². The maximum Gasteiger partial charge on any atom is 0.233 e. The fourth-order valence-electron chi connectivity index (χ4n) is 1.44. The Kier molecular flexibility index (Phi) is 6.31. The first kappa shape index (κ1) is 12.4. The second kappa shape index (κ2) is 7.62. The second-order valence-electron chi connectivity index (χ2n) is 3.70. The molecule has 88 valence electrons. The molecule has 1 heterocycles. The van der Waals surface area contributed by atoms with Crippen LogP contribution >= 0.6 is 0 Å². The van der Waals surface area contributed by atoms with Crippen LogP contribution in [0.3, 0.4) is 0 Å². The minimum atomic E-state index is 0.0398. The van der Waals surface area contributed by atoms with Gasteiger partial charge >= 0.3 is 0 Å². The molecule has 2 N–H and O–H groups in total. The van der Waals surface area contributed by atoms with Crippen LogP contribution < -0.4 is 10.6 Å². The van der Waals surface area contributed by atoms with E-state index in [1.807, 2.05) is 0 Å². The Balaban J connectivity index is 1.93. The molecule has 1 saturated heterocycles. The molecule has 0 aromatic rings. The lowest BCUT2D eigenvalue weighted by Gasteiger charge is -2.09. The van der Waals surface area contributed by atoms with Crippen molar-refractivity contribution in [2.75, 3.05) is 46.6 Å². The highest BCUT2D eigenvalue weighted by molar-refractivity contribution is 5.77. The quantitative estimate of drug-likeness (QED) is 0.557. The Morgan fingerprint density at radius 1 is 1.60 bits per heavy atom. The van der Waals surface area contributed by atoms with Gasteiger partial charge in [-0.15, -0.1) is 0 Å². The van der Waals surface area contributed by atoms with E-state index < -0.39 is 0 Å². The molecule has 1 aliphatic heterocycles. The lowest BCUT2D eigenvalue weighted by atomic mass is 10.1. The van der Waals surface area contributed by atoms with Crippen LogP contribution in [0, 0.1) is 5.92 Å². The Hall–Kier alpha value is -0.650. The van der Waals surface area contributed by atoms with Gasteiger partial charge in [0.15, 0.2) is 0 Å². The molecule has 1 rings (SSSR count). The first-order chi connectivity index (χ1) is 7.33. The van der Waals surface area contributed by atoms with E-state index in [-0.39, 0.29) is 5.91 Å². The highest BCUT2D eigenvalue weighted by atomic mass is 16.5. The number of hydrogen-bond acceptors (Lipinski definition) is 4. The molecule has 15 heavy (non-hydrogen) atoms. The molecule has 1 amide bonds. The van der Waals surface area contributed by atoms with Gasteiger partial charge in [-0.2, -0.15) is 0 Å². The normalized spacial score (nSPS) is 20.5. The molecule has 0 aromatic heterocycles. The monoisotopic (exact) mass is 216 g/mol. The summed E-state index contributed by atoms with van der Waals surface area (Å²) in [5.41, 5.74) is 0. The number of carbonyl (C=O) groups is 1. The predicted octanol–water partition coefficient (Wildman–Crippen LogP) is -0.625. The lowest BCUT2D eigenvalue weighted by molar-refractivity contribution is -0.120. The highest BCUT2D eigenvalue weighted by Gasteiger charge is 2.15. The molecular weight excluding hydrogens is 196 g/mol. The van der Waals surface area contributed by atoms with E-state index in [4.69, 9.17) is 9.47 Å². The second-order valence-corrected chi connectivity index (χ2v) is 3.70. The standard InChI is InChI=1S/C10H20N2O3/c1-14-5-3-11-7-10(13)12-6-9-2-4-15-8-9/h9,11H,2-8H2,1H3,(H,12,13). The van der Waals surface area contributed by atoms with Crippen LogP contribution in [-0.2, 0) is 14.3 Å². The average molecular weight is 216 g/mol. The molecule has 1 atom stereocenters. The molecule has 0 bridgehead atoms. The molecule has 5 nitrogen and oxygen atoms in total. The molecule has 0 spiro atoms. The third-order valence-electron chi connectivity index (χ3n) is 2.38. The molecule has 1 fully saturated rings. The van der Waals surface area contributed by atoms with Crippen molar-refractivity contribution in [2.24, 2.45) is 5.92 Å². The van der Waals surface area contributed by atoms with E-state index in [1.54, 1.807) is 7.11 Å². The molecular formula is C10H20N2O3. The van der Waals surface area contributed by atoms with Crippen molar-refractivity contribution in [2.45, 2.75) is 6.42 Å². The summed E-state index contributed by atoms with van der Waals surface area (Å²) < 4.78 is 10.1. The Bertz CT molecular complexity index is 182. The van der Waals surface area contributed by atoms with E-state index in [9.17, 15) is 4.79 Å². The summed E-state index contributed by atoms with van der Waals surface area (Å²) in [7, 11) is 1.64. The number of nitrogens with one attached hydrogen (secondary N) is 2. The van der Waals surface area contributed by atoms with Crippen molar-refractivity contribution in [3.63, 3.8) is 0 Å². The van der Waals surface area contributed by atoms with Gasteiger partial charge in [-0.3, -0.25) is 4.79 Å². The molecule has 0 radical (unpaired) electrons. The minimum Gasteiger partial charge on any atom is -0.383 e. The summed E-state index contributed by atoms with van der Waals surface area (Å²) in [4.78, 5) is 11.3. The molecule has 0 saturated carbocycles. The number of ether oxygens (including phenoxy) is 2. The van der Waals surface area contributed by atoms with Crippen LogP contribution in [0.4, 0.5) is 0 Å². The zero-order valence-corrected chi connectivity index (χ0v) is 9.25. The number of rotatable bonds is 7. The zero-order valence-electron chi connectivity index (χ0n) is 9.25. The van der Waals surface area contributed by atoms with Gasteiger partial charge in [0, 0.05) is 32.7 Å². The molecule has 0 aromatic carbocycles. The largest absolute Gasteiger partial charge is 0.383 e. The van der Waals surface area contributed by atoms with E-state index in [0.717, 1.165) is 26.2 Å². The van der Waals surface area contributed by atoms with Gasteiger partial charge in [0.05, 0.1) is 19.8 Å². The maximum atomic E-state index is 11.3. The lowest BCUT2D eigenvalue weighted by Crippen LogP contribution is -2.37. The zero-order chi connectivity index (χ0) is 10.9. The molecule has 1 unspecified atom stereocenters. The summed E-state index contributed by atoms with van der Waals surface area (Å²) in [5, 5.41) is 5.87. The Labute approximate surface area is 90.5 Å². The van der Waals surface area contributed by atoms with E-state index in [0.29, 0.717) is 25.6 Å². The summed E-state index contributed by atoms with van der Waals surface area (Å²) in [5.74, 6) is 0.533. The van der Waals surface area contributed by atoms with Crippen LogP contribution in [0.1, 0.15) is 6.42 Å². The fraction of sp³-hybridized carbons (Fsp3) is 0.900. The number of amides is 1. The summed E-state index contributed by atoms with van der Waals surface area (Å²) in [6, 6.07) is 0. The van der Waals surface area contributed by atoms with Crippen molar-refractivity contribution >= 4 is 5.91 Å². The van der Waals surface area contributed by atoms with Gasteiger partial charge in [-0.1, -0.05) is 0 Å². The topological polar surface area (TPSA) is 59.6 Å². The smallest absolute Gasteiger partial charge is 0.233 e. The predicted molar refractivity (Wildman–Crippen MR) is 56.7 cm³/mol. The van der Waals surface area contributed by atoms with Crippen LogP contribution in [0.2, 0.25) is 0 Å². The Morgan fingerprint density at radius 2 is 2.47 bits per heavy atom. The van der Waals surface area contributed by atoms with Gasteiger partial charge in [0.25, 0.3) is 0 Å². The van der Waals surface area contributed by atoms with Crippen molar-refractivity contribution in [3.05, 3.63) is 0 Å². The van der Waals surface area contributed by atoms with Crippen molar-refractivity contribution in [1.82, 2.24) is 10.6 Å². The summed E-state index contributed by atoms with van der Waals surface area (Å²) in [6.45, 7) is 4.02. The summed E-state index contributed by atoms with van der Waals surface area (Å²) in [6.07, 6.45) is 1.05. The first-order valence-electron chi connectivity index (χ1n) is 5.37. The van der Waals surface area contributed by atoms with E-state index >= 15 is 0 Å². The van der Waals surface area contributed by atoms with Gasteiger partial charge in [-0.25, -0.2) is 0 Å². The highest BCUT2D eigenvalue weighted by Crippen LogP contribution is 2.10. The van der Waals surface area contributed by atoms with Gasteiger partial charge in [0.2, 0.25) is 5.91 Å². The number of carbonyl (C=O) groups excluding carboxylic acids is 1. The SMILES string of the molecule is COCCNCC(=O)NCC1CCOC1. The van der Waals surface area contributed by atoms with Crippen molar-refractivity contribution in [1.29, 1.82) is 0 Å². The van der Waals surface area contributed by atoms with Crippen LogP contribution in [0.25, 0.3) is 0 Å². The fourth-order valence-corrected chi connectivity index (χ4v) is 1.44. The van der Waals surface area contributed by atoms with Gasteiger partial charge < -0.3 is 20.1 Å². The van der Waals surface area contributed by atoms with Gasteiger partial charge in [0.1, 0.15) is 0 Å². The Morgan fingerprint density at radius 3 is 3.13 bits per heavy atom. The number of hydrogen-bond donors (Lipinski definition) is 2. The van der Waals surface area contributed by atoms with E-state index in [1.165, 1.54) is 0 Å². The number of methoxy groups -OCH3 is 1. The van der Waals surface area contributed by atoms with Crippen molar-refractivity contribution < 1.29 is 14.3 Å². The molecule has 5 heteroatoms. The summed E-state index contributed by atoms with van der Waals surface area (Å²) >= 11 is 0. The average Bonchev–Trinajstić information content (AvgIpc) is 2.74. The van der Waals surface area contributed by atoms with Crippen molar-refractivity contribution in [3.8, 4) is 0 Å². The third-order valence-corrected chi connectivity index (χ3v) is 2.38. The first-order valence-corrected chi connectivity index (χ1v) is 5.37. The van der Waals surface area contributed by atoms with Crippen LogP contribution in [0.5, 0.6) is 0 Å². The van der Waals surface area contributed by atoms with E-state index in [2.05, 4.69) is 10.6 Å². The molecule has 1 aliphatic rings.